The number of amides is 1. The maximum atomic E-state index is 11.2. The Morgan fingerprint density at radius 2 is 1.91 bits per heavy atom. The summed E-state index contributed by atoms with van der Waals surface area (Å²) in [7, 11) is 0. The summed E-state index contributed by atoms with van der Waals surface area (Å²) in [6, 6.07) is 0. The van der Waals surface area contributed by atoms with Crippen LogP contribution < -0.4 is 5.73 Å². The molecule has 3 aliphatic rings. The lowest BCUT2D eigenvalue weighted by molar-refractivity contribution is -0.335. The fraction of sp³-hybridized carbons (Fsp3) is 0.929. The van der Waals surface area contributed by atoms with Crippen LogP contribution in [-0.4, -0.2) is 59.4 Å². The monoisotopic (exact) mass is 317 g/mol. The standard InChI is InChI=1S/C14H23NO7/c1-12(2)18-6-7-10(20-12)11-14(19-7,8(16)5-9(15)17)22-13(3,4)21-11/h7-8,10-11,16H,5-6H2,1-4H3,(H2,15,17)/t7-,8+,10+,11-,14-/m0/s1. The van der Waals surface area contributed by atoms with Crippen LogP contribution in [0.1, 0.15) is 34.1 Å². The Morgan fingerprint density at radius 1 is 1.23 bits per heavy atom. The van der Waals surface area contributed by atoms with Gasteiger partial charge in [0.25, 0.3) is 0 Å². The first-order chi connectivity index (χ1) is 10.0. The summed E-state index contributed by atoms with van der Waals surface area (Å²) in [6.45, 7) is 7.31. The van der Waals surface area contributed by atoms with Crippen molar-refractivity contribution in [1.82, 2.24) is 0 Å². The molecule has 0 unspecified atom stereocenters. The molecule has 3 aliphatic heterocycles. The largest absolute Gasteiger partial charge is 0.387 e. The number of rotatable bonds is 3. The summed E-state index contributed by atoms with van der Waals surface area (Å²) in [5.41, 5.74) is 5.19. The van der Waals surface area contributed by atoms with E-state index in [2.05, 4.69) is 0 Å². The van der Waals surface area contributed by atoms with Crippen molar-refractivity contribution in [3.8, 4) is 0 Å². The molecule has 0 spiro atoms. The van der Waals surface area contributed by atoms with E-state index in [0.717, 1.165) is 0 Å². The van der Waals surface area contributed by atoms with Gasteiger partial charge in [0, 0.05) is 0 Å². The Bertz CT molecular complexity index is 480. The van der Waals surface area contributed by atoms with E-state index in [0.29, 0.717) is 0 Å². The highest BCUT2D eigenvalue weighted by atomic mass is 16.9. The van der Waals surface area contributed by atoms with Gasteiger partial charge in [0.1, 0.15) is 24.4 Å². The number of carbonyl (C=O) groups excluding carboxylic acids is 1. The molecule has 0 bridgehead atoms. The Hall–Kier alpha value is -0.770. The first-order valence-corrected chi connectivity index (χ1v) is 7.39. The van der Waals surface area contributed by atoms with E-state index in [-0.39, 0.29) is 13.0 Å². The molecule has 22 heavy (non-hydrogen) atoms. The van der Waals surface area contributed by atoms with E-state index in [1.54, 1.807) is 27.7 Å². The van der Waals surface area contributed by atoms with Crippen molar-refractivity contribution in [3.63, 3.8) is 0 Å². The number of aliphatic hydroxyl groups excluding tert-OH is 1. The van der Waals surface area contributed by atoms with E-state index in [9.17, 15) is 9.90 Å². The zero-order valence-corrected chi connectivity index (χ0v) is 13.2. The number of ether oxygens (including phenoxy) is 5. The molecule has 8 heteroatoms. The van der Waals surface area contributed by atoms with Crippen molar-refractivity contribution in [2.24, 2.45) is 5.73 Å². The smallest absolute Gasteiger partial charge is 0.227 e. The van der Waals surface area contributed by atoms with Gasteiger partial charge in [0.2, 0.25) is 11.7 Å². The molecule has 3 saturated heterocycles. The summed E-state index contributed by atoms with van der Waals surface area (Å²) >= 11 is 0. The topological polar surface area (TPSA) is 109 Å². The number of hydrogen-bond acceptors (Lipinski definition) is 7. The van der Waals surface area contributed by atoms with Gasteiger partial charge in [-0.15, -0.1) is 0 Å². The quantitative estimate of drug-likeness (QED) is 0.730. The first kappa shape index (κ1) is 16.1. The highest BCUT2D eigenvalue weighted by molar-refractivity contribution is 5.74. The Labute approximate surface area is 128 Å². The molecule has 0 saturated carbocycles. The summed E-state index contributed by atoms with van der Waals surface area (Å²) < 4.78 is 29.1. The third kappa shape index (κ3) is 2.53. The third-order valence-electron chi connectivity index (χ3n) is 4.09. The molecule has 3 N–H and O–H groups in total. The van der Waals surface area contributed by atoms with Crippen LogP contribution in [0.3, 0.4) is 0 Å². The minimum absolute atomic E-state index is 0.284. The zero-order chi connectivity index (χ0) is 16.3. The van der Waals surface area contributed by atoms with Crippen molar-refractivity contribution < 1.29 is 33.6 Å². The van der Waals surface area contributed by atoms with Crippen molar-refractivity contribution in [3.05, 3.63) is 0 Å². The lowest BCUT2D eigenvalue weighted by atomic mass is 9.97. The van der Waals surface area contributed by atoms with E-state index < -0.39 is 47.7 Å². The molecule has 3 heterocycles. The molecular weight excluding hydrogens is 294 g/mol. The van der Waals surface area contributed by atoms with E-state index in [1.807, 2.05) is 0 Å². The Balaban J connectivity index is 1.91. The highest BCUT2D eigenvalue weighted by Crippen LogP contribution is 2.50. The second kappa shape index (κ2) is 4.86. The van der Waals surface area contributed by atoms with Crippen LogP contribution in [0.2, 0.25) is 0 Å². The molecule has 1 amide bonds. The van der Waals surface area contributed by atoms with Gasteiger partial charge in [0.05, 0.1) is 13.0 Å². The van der Waals surface area contributed by atoms with Crippen LogP contribution in [0, 0.1) is 0 Å². The average Bonchev–Trinajstić information content (AvgIpc) is 2.77. The van der Waals surface area contributed by atoms with Gasteiger partial charge in [-0.25, -0.2) is 0 Å². The minimum atomic E-state index is -1.49. The highest BCUT2D eigenvalue weighted by Gasteiger charge is 2.70. The fourth-order valence-corrected chi connectivity index (χ4v) is 3.32. The maximum absolute atomic E-state index is 11.2. The fourth-order valence-electron chi connectivity index (χ4n) is 3.32. The normalized spacial score (nSPS) is 43.4. The predicted octanol–water partition coefficient (Wildman–Crippen LogP) is -0.379. The molecule has 8 nitrogen and oxygen atoms in total. The summed E-state index contributed by atoms with van der Waals surface area (Å²) in [5.74, 6) is -3.90. The molecule has 3 rings (SSSR count). The van der Waals surface area contributed by atoms with Gasteiger partial charge < -0.3 is 34.5 Å². The third-order valence-corrected chi connectivity index (χ3v) is 4.09. The molecule has 126 valence electrons. The summed E-state index contributed by atoms with van der Waals surface area (Å²) in [4.78, 5) is 11.2. The van der Waals surface area contributed by atoms with Gasteiger partial charge in [-0.2, -0.15) is 0 Å². The van der Waals surface area contributed by atoms with Crippen LogP contribution in [0.15, 0.2) is 0 Å². The molecular formula is C14H23NO7. The number of hydrogen-bond donors (Lipinski definition) is 2. The van der Waals surface area contributed by atoms with Gasteiger partial charge in [0.15, 0.2) is 11.6 Å². The van der Waals surface area contributed by atoms with E-state index >= 15 is 0 Å². The van der Waals surface area contributed by atoms with Gasteiger partial charge >= 0.3 is 0 Å². The minimum Gasteiger partial charge on any atom is -0.387 e. The van der Waals surface area contributed by atoms with E-state index in [4.69, 9.17) is 29.4 Å². The van der Waals surface area contributed by atoms with Crippen molar-refractivity contribution in [2.75, 3.05) is 6.61 Å². The van der Waals surface area contributed by atoms with Crippen LogP contribution in [0.4, 0.5) is 0 Å². The average molecular weight is 317 g/mol. The Kier molecular flexibility index (Phi) is 3.56. The van der Waals surface area contributed by atoms with Crippen LogP contribution in [0.25, 0.3) is 0 Å². The van der Waals surface area contributed by atoms with E-state index in [1.165, 1.54) is 0 Å². The lowest BCUT2D eigenvalue weighted by Crippen LogP contribution is -2.53. The molecule has 3 fully saturated rings. The lowest BCUT2D eigenvalue weighted by Gasteiger charge is -2.38. The van der Waals surface area contributed by atoms with Crippen LogP contribution in [-0.2, 0) is 28.5 Å². The molecule has 0 radical (unpaired) electrons. The maximum Gasteiger partial charge on any atom is 0.227 e. The molecule has 0 aromatic carbocycles. The predicted molar refractivity (Wildman–Crippen MR) is 72.4 cm³/mol. The summed E-state index contributed by atoms with van der Waals surface area (Å²) in [6.07, 6.45) is -3.14. The SMILES string of the molecule is CC1(C)OC[C@@H]2O[C@@]3([C@H](O)CC(N)=O)OC(C)(C)O[C@H]3[C@@H]2O1. The van der Waals surface area contributed by atoms with Crippen LogP contribution in [0.5, 0.6) is 0 Å². The number of carbonyl (C=O) groups is 1. The van der Waals surface area contributed by atoms with Crippen molar-refractivity contribution in [1.29, 1.82) is 0 Å². The van der Waals surface area contributed by atoms with Crippen LogP contribution >= 0.6 is 0 Å². The zero-order valence-electron chi connectivity index (χ0n) is 13.2. The number of nitrogens with two attached hydrogens (primary N) is 1. The van der Waals surface area contributed by atoms with Gasteiger partial charge in [-0.3, -0.25) is 4.79 Å². The number of fused-ring (bicyclic) bond motifs is 3. The first-order valence-electron chi connectivity index (χ1n) is 7.39. The number of primary amides is 1. The summed E-state index contributed by atoms with van der Waals surface area (Å²) in [5, 5.41) is 10.5. The van der Waals surface area contributed by atoms with Crippen molar-refractivity contribution >= 4 is 5.91 Å². The molecule has 0 aromatic heterocycles. The second-order valence-electron chi connectivity index (χ2n) is 6.90. The van der Waals surface area contributed by atoms with Crippen molar-refractivity contribution in [2.45, 2.75) is 75.9 Å². The molecule has 5 atom stereocenters. The Morgan fingerprint density at radius 3 is 2.55 bits per heavy atom. The van der Waals surface area contributed by atoms with Gasteiger partial charge in [-0.05, 0) is 27.7 Å². The number of aliphatic hydroxyl groups is 1. The molecule has 0 aromatic rings. The van der Waals surface area contributed by atoms with Gasteiger partial charge in [-0.1, -0.05) is 0 Å². The molecule has 0 aliphatic carbocycles. The second-order valence-corrected chi connectivity index (χ2v) is 6.90.